The summed E-state index contributed by atoms with van der Waals surface area (Å²) in [6.45, 7) is 8.20. The Labute approximate surface area is 248 Å². The first-order valence-corrected chi connectivity index (χ1v) is 14.6. The number of aryl methyl sites for hydroxylation is 2. The maximum atomic E-state index is 13.4. The highest BCUT2D eigenvalue weighted by atomic mass is 16.5. The third-order valence-electron chi connectivity index (χ3n) is 6.80. The predicted octanol–water partition coefficient (Wildman–Crippen LogP) is 4.64. The summed E-state index contributed by atoms with van der Waals surface area (Å²) in [7, 11) is 0. The minimum Gasteiger partial charge on any atom is -0.493 e. The first-order valence-electron chi connectivity index (χ1n) is 14.6. The zero-order chi connectivity index (χ0) is 30.2. The number of pyridine rings is 1. The number of carbonyl (C=O) groups excluding carboxylic acids is 2. The second-order valence-electron chi connectivity index (χ2n) is 10.1. The molecule has 0 aliphatic heterocycles. The van der Waals surface area contributed by atoms with Crippen LogP contribution in [-0.2, 0) is 13.1 Å². The van der Waals surface area contributed by atoms with Gasteiger partial charge in [-0.3, -0.25) is 9.59 Å². The number of amides is 2. The van der Waals surface area contributed by atoms with Crippen LogP contribution in [0.25, 0.3) is 22.3 Å². The number of aromatic nitrogens is 9. The third kappa shape index (κ3) is 6.74. The molecule has 0 aromatic carbocycles. The molecule has 0 saturated carbocycles. The summed E-state index contributed by atoms with van der Waals surface area (Å²) in [4.78, 5) is 57.2. The number of imidazole rings is 2. The minimum atomic E-state index is -0.572. The van der Waals surface area contributed by atoms with Crippen LogP contribution in [0.2, 0.25) is 0 Å². The van der Waals surface area contributed by atoms with E-state index in [1.54, 1.807) is 12.7 Å². The molecule has 0 aliphatic carbocycles. The Balaban J connectivity index is 1.41. The van der Waals surface area contributed by atoms with Crippen LogP contribution in [-0.4, -0.2) is 62.4 Å². The van der Waals surface area contributed by atoms with Crippen molar-refractivity contribution in [1.82, 2.24) is 44.0 Å². The summed E-state index contributed by atoms with van der Waals surface area (Å²) in [6, 6.07) is 3.00. The highest BCUT2D eigenvalue weighted by Gasteiger charge is 2.20. The molecule has 2 N–H and O–H groups in total. The molecule has 0 fully saturated rings. The lowest BCUT2D eigenvalue weighted by atomic mass is 10.2. The van der Waals surface area contributed by atoms with Gasteiger partial charge in [0.05, 0.1) is 19.3 Å². The molecule has 43 heavy (non-hydrogen) atoms. The molecule has 2 amide bonds. The van der Waals surface area contributed by atoms with Gasteiger partial charge in [0, 0.05) is 25.2 Å². The molecule has 0 aliphatic rings. The van der Waals surface area contributed by atoms with E-state index < -0.39 is 11.8 Å². The number of hydrogen-bond acceptors (Lipinski definition) is 10. The topological polar surface area (TPSA) is 168 Å². The summed E-state index contributed by atoms with van der Waals surface area (Å²) in [6.07, 6.45) is 11.9. The normalized spacial score (nSPS) is 11.2. The Kier molecular flexibility index (Phi) is 9.44. The zero-order valence-electron chi connectivity index (χ0n) is 24.6. The van der Waals surface area contributed by atoms with Crippen LogP contribution in [0.15, 0.2) is 37.4 Å². The van der Waals surface area contributed by atoms with Gasteiger partial charge >= 0.3 is 0 Å². The predicted molar refractivity (Wildman–Crippen MR) is 161 cm³/mol. The molecule has 5 aromatic heterocycles. The molecule has 0 unspecified atom stereocenters. The maximum Gasteiger partial charge on any atom is 0.275 e. The number of fused-ring (bicyclic) bond motifs is 2. The van der Waals surface area contributed by atoms with E-state index in [1.807, 2.05) is 16.1 Å². The van der Waals surface area contributed by atoms with Crippen LogP contribution in [0.5, 0.6) is 5.75 Å². The van der Waals surface area contributed by atoms with Gasteiger partial charge in [-0.25, -0.2) is 34.9 Å². The first kappa shape index (κ1) is 29.5. The number of hydrogen-bond donors (Lipinski definition) is 2. The molecule has 0 radical (unpaired) electrons. The van der Waals surface area contributed by atoms with E-state index >= 15 is 0 Å². The quantitative estimate of drug-likeness (QED) is 0.175. The van der Waals surface area contributed by atoms with Gasteiger partial charge in [0.25, 0.3) is 11.8 Å². The van der Waals surface area contributed by atoms with Crippen molar-refractivity contribution < 1.29 is 14.3 Å². The van der Waals surface area contributed by atoms with Crippen LogP contribution in [0, 0.1) is 0 Å². The van der Waals surface area contributed by atoms with Gasteiger partial charge in [0.15, 0.2) is 34.0 Å². The molecule has 5 rings (SSSR count). The van der Waals surface area contributed by atoms with Crippen LogP contribution >= 0.6 is 0 Å². The Morgan fingerprint density at radius 3 is 1.65 bits per heavy atom. The van der Waals surface area contributed by atoms with Gasteiger partial charge in [0.2, 0.25) is 0 Å². The van der Waals surface area contributed by atoms with Crippen molar-refractivity contribution in [2.75, 3.05) is 17.2 Å². The summed E-state index contributed by atoms with van der Waals surface area (Å²) in [5.41, 5.74) is 2.13. The van der Waals surface area contributed by atoms with Crippen molar-refractivity contribution in [2.24, 2.45) is 0 Å². The van der Waals surface area contributed by atoms with E-state index in [1.165, 1.54) is 24.8 Å². The van der Waals surface area contributed by atoms with Crippen LogP contribution in [0.4, 0.5) is 11.6 Å². The van der Waals surface area contributed by atoms with Crippen molar-refractivity contribution in [3.63, 3.8) is 0 Å². The van der Waals surface area contributed by atoms with Crippen molar-refractivity contribution in [2.45, 2.75) is 72.4 Å². The second-order valence-corrected chi connectivity index (χ2v) is 10.1. The lowest BCUT2D eigenvalue weighted by Crippen LogP contribution is -2.20. The highest BCUT2D eigenvalue weighted by molar-refractivity contribution is 6.09. The lowest BCUT2D eigenvalue weighted by molar-refractivity contribution is 0.101. The van der Waals surface area contributed by atoms with Crippen LogP contribution < -0.4 is 15.4 Å². The van der Waals surface area contributed by atoms with Crippen molar-refractivity contribution in [3.05, 3.63) is 48.8 Å². The van der Waals surface area contributed by atoms with Gasteiger partial charge in [-0.2, -0.15) is 0 Å². The number of ether oxygens (including phenoxy) is 1. The van der Waals surface area contributed by atoms with Crippen molar-refractivity contribution >= 4 is 45.8 Å². The van der Waals surface area contributed by atoms with E-state index in [9.17, 15) is 9.59 Å². The van der Waals surface area contributed by atoms with E-state index in [4.69, 9.17) is 4.74 Å². The summed E-state index contributed by atoms with van der Waals surface area (Å²) in [5, 5.41) is 5.55. The number of rotatable bonds is 14. The molecular formula is C29H35N11O3. The summed E-state index contributed by atoms with van der Waals surface area (Å²) in [5.74, 6) is -0.309. The molecule has 224 valence electrons. The molecule has 0 bridgehead atoms. The number of nitrogens with zero attached hydrogens (tertiary/aromatic N) is 9. The number of unbranched alkanes of at least 4 members (excludes halogenated alkanes) is 3. The number of carbonyl (C=O) groups is 2. The molecule has 0 spiro atoms. The molecule has 5 heterocycles. The van der Waals surface area contributed by atoms with Crippen LogP contribution in [0.3, 0.4) is 0 Å². The Hall–Kier alpha value is -5.01. The fourth-order valence-electron chi connectivity index (χ4n) is 4.43. The fourth-order valence-corrected chi connectivity index (χ4v) is 4.43. The first-order chi connectivity index (χ1) is 21.0. The Morgan fingerprint density at radius 2 is 1.19 bits per heavy atom. The summed E-state index contributed by atoms with van der Waals surface area (Å²) < 4.78 is 9.72. The van der Waals surface area contributed by atoms with Gasteiger partial charge in [-0.1, -0.05) is 40.0 Å². The van der Waals surface area contributed by atoms with E-state index in [0.717, 1.165) is 51.6 Å². The minimum absolute atomic E-state index is 0.0204. The lowest BCUT2D eigenvalue weighted by Gasteiger charge is -2.11. The fraction of sp³-hybridized carbons (Fsp3) is 0.414. The van der Waals surface area contributed by atoms with Gasteiger partial charge in [-0.05, 0) is 19.3 Å². The number of nitrogens with one attached hydrogen (secondary N) is 2. The Morgan fingerprint density at radius 1 is 0.698 bits per heavy atom. The monoisotopic (exact) mass is 585 g/mol. The highest BCUT2D eigenvalue weighted by Crippen LogP contribution is 2.22. The number of anilines is 2. The largest absolute Gasteiger partial charge is 0.493 e. The average Bonchev–Trinajstić information content (AvgIpc) is 3.64. The molecule has 14 nitrogen and oxygen atoms in total. The van der Waals surface area contributed by atoms with E-state index in [2.05, 4.69) is 59.4 Å². The van der Waals surface area contributed by atoms with Crippen LogP contribution in [0.1, 0.15) is 80.3 Å². The molecule has 0 atom stereocenters. The SMILES string of the molecule is CCCCOc1cc(C(=O)Nc2ncnc3c2ncn3CCCC)nc(C(=O)Nc2ncnc3c2ncn3CCCC)c1. The van der Waals surface area contributed by atoms with Gasteiger partial charge in [0.1, 0.15) is 29.8 Å². The third-order valence-corrected chi connectivity index (χ3v) is 6.80. The second kappa shape index (κ2) is 13.8. The van der Waals surface area contributed by atoms with E-state index in [-0.39, 0.29) is 23.0 Å². The average molecular weight is 586 g/mol. The smallest absolute Gasteiger partial charge is 0.275 e. The standard InChI is InChI=1S/C29H35N11O3/c1-4-7-10-39-17-34-22-24(30-15-32-26(22)39)37-28(41)20-13-19(43-12-9-6-3)14-21(36-20)29(42)38-25-23-27(33-16-31-25)40(18-35-23)11-8-5-2/h13-18H,4-12H2,1-3H3,(H,30,32,37,41)(H,31,33,38,42). The van der Waals surface area contributed by atoms with Gasteiger partial charge < -0.3 is 24.5 Å². The van der Waals surface area contributed by atoms with E-state index in [0.29, 0.717) is 34.7 Å². The molecular weight excluding hydrogens is 550 g/mol. The van der Waals surface area contributed by atoms with Gasteiger partial charge in [-0.15, -0.1) is 0 Å². The maximum absolute atomic E-state index is 13.4. The van der Waals surface area contributed by atoms with Crippen molar-refractivity contribution in [1.29, 1.82) is 0 Å². The molecule has 0 saturated heterocycles. The Bertz CT molecular complexity index is 1610. The van der Waals surface area contributed by atoms with Crippen molar-refractivity contribution in [3.8, 4) is 5.75 Å². The summed E-state index contributed by atoms with van der Waals surface area (Å²) >= 11 is 0. The molecule has 5 aromatic rings. The molecule has 14 heteroatoms. The zero-order valence-corrected chi connectivity index (χ0v) is 24.6.